The van der Waals surface area contributed by atoms with Gasteiger partial charge in [0, 0.05) is 25.1 Å². The molecule has 120 valence electrons. The molecular weight excluding hydrogens is 266 g/mol. The molecule has 0 bridgehead atoms. The molecule has 0 amide bonds. The number of aliphatic hydroxyl groups is 1. The maximum Gasteiger partial charge on any atom is 0.148 e. The Hall–Kier alpha value is -1.40. The van der Waals surface area contributed by atoms with Crippen molar-refractivity contribution >= 4 is 11.6 Å². The normalized spacial score (nSPS) is 12.2. The monoisotopic (exact) mass is 295 g/mol. The third-order valence-electron chi connectivity index (χ3n) is 3.59. The van der Waals surface area contributed by atoms with E-state index >= 15 is 0 Å². The van der Waals surface area contributed by atoms with E-state index in [9.17, 15) is 0 Å². The van der Waals surface area contributed by atoms with Crippen LogP contribution in [0.5, 0.6) is 0 Å². The predicted octanol–water partition coefficient (Wildman–Crippen LogP) is 2.23. The Balaban J connectivity index is 2.82. The van der Waals surface area contributed by atoms with Crippen molar-refractivity contribution < 1.29 is 5.11 Å². The number of anilines is 2. The van der Waals surface area contributed by atoms with Crippen LogP contribution in [-0.2, 0) is 6.42 Å². The molecule has 0 saturated heterocycles. The predicted molar refractivity (Wildman–Crippen MR) is 87.2 cm³/mol. The highest BCUT2D eigenvalue weighted by Crippen LogP contribution is 2.21. The smallest absolute Gasteiger partial charge is 0.148 e. The summed E-state index contributed by atoms with van der Waals surface area (Å²) in [5.74, 6) is 8.30. The fourth-order valence-electron chi connectivity index (χ4n) is 2.39. The van der Waals surface area contributed by atoms with Crippen LogP contribution in [0.2, 0.25) is 0 Å². The van der Waals surface area contributed by atoms with Crippen LogP contribution in [0.25, 0.3) is 0 Å². The van der Waals surface area contributed by atoms with E-state index in [1.807, 2.05) is 6.92 Å². The first-order valence-electron chi connectivity index (χ1n) is 7.85. The van der Waals surface area contributed by atoms with Crippen LogP contribution >= 0.6 is 0 Å². The van der Waals surface area contributed by atoms with Gasteiger partial charge >= 0.3 is 0 Å². The van der Waals surface area contributed by atoms with Crippen LogP contribution < -0.4 is 16.6 Å². The fraction of sp³-hybridized carbons (Fsp3) is 0.733. The van der Waals surface area contributed by atoms with E-state index in [1.165, 1.54) is 0 Å². The summed E-state index contributed by atoms with van der Waals surface area (Å²) in [7, 11) is 0. The second-order valence-electron chi connectivity index (χ2n) is 5.40. The number of hydrogen-bond acceptors (Lipinski definition) is 6. The van der Waals surface area contributed by atoms with Crippen molar-refractivity contribution in [3.63, 3.8) is 0 Å². The molecule has 6 nitrogen and oxygen atoms in total. The van der Waals surface area contributed by atoms with Crippen LogP contribution in [0, 0.1) is 12.8 Å². The molecule has 1 rings (SSSR count). The Bertz CT molecular complexity index is 419. The van der Waals surface area contributed by atoms with E-state index in [0.717, 1.165) is 55.9 Å². The van der Waals surface area contributed by atoms with Gasteiger partial charge in [-0.1, -0.05) is 20.3 Å². The van der Waals surface area contributed by atoms with Crippen molar-refractivity contribution in [1.82, 2.24) is 9.97 Å². The molecule has 0 aliphatic rings. The lowest BCUT2D eigenvalue weighted by Gasteiger charge is -2.18. The van der Waals surface area contributed by atoms with E-state index in [0.29, 0.717) is 11.7 Å². The Morgan fingerprint density at radius 1 is 1.14 bits per heavy atom. The second kappa shape index (κ2) is 9.52. The van der Waals surface area contributed by atoms with Crippen LogP contribution in [0.3, 0.4) is 0 Å². The van der Waals surface area contributed by atoms with Crippen LogP contribution in [0.4, 0.5) is 11.6 Å². The molecule has 1 aromatic rings. The zero-order valence-corrected chi connectivity index (χ0v) is 13.4. The van der Waals surface area contributed by atoms with Crippen molar-refractivity contribution in [3.05, 3.63) is 11.4 Å². The Labute approximate surface area is 127 Å². The van der Waals surface area contributed by atoms with Crippen LogP contribution in [-0.4, -0.2) is 28.2 Å². The average molecular weight is 295 g/mol. The van der Waals surface area contributed by atoms with Crippen LogP contribution in [0.15, 0.2) is 0 Å². The standard InChI is InChI=1S/C15H29N5O/c1-4-6-12(8-9-21)10-17-14-11(3)15(20-16)19-13(18-14)7-5-2/h12,21H,4-10,16H2,1-3H3,(H2,17,18,19,20). The molecule has 21 heavy (non-hydrogen) atoms. The second-order valence-corrected chi connectivity index (χ2v) is 5.40. The van der Waals surface area contributed by atoms with Gasteiger partial charge in [0.25, 0.3) is 0 Å². The molecule has 0 aliphatic carbocycles. The van der Waals surface area contributed by atoms with E-state index in [2.05, 4.69) is 34.6 Å². The molecule has 1 atom stereocenters. The number of aliphatic hydroxyl groups excluding tert-OH is 1. The summed E-state index contributed by atoms with van der Waals surface area (Å²) in [6.45, 7) is 7.25. The van der Waals surface area contributed by atoms with Crippen molar-refractivity contribution in [2.24, 2.45) is 11.8 Å². The fourth-order valence-corrected chi connectivity index (χ4v) is 2.39. The lowest BCUT2D eigenvalue weighted by molar-refractivity contribution is 0.255. The third kappa shape index (κ3) is 5.47. The molecule has 5 N–H and O–H groups in total. The molecule has 1 aromatic heterocycles. The average Bonchev–Trinajstić information content (AvgIpc) is 2.48. The van der Waals surface area contributed by atoms with Gasteiger partial charge in [-0.2, -0.15) is 0 Å². The van der Waals surface area contributed by atoms with E-state index < -0.39 is 0 Å². The number of rotatable bonds is 10. The summed E-state index contributed by atoms with van der Waals surface area (Å²) >= 11 is 0. The first-order chi connectivity index (χ1) is 10.2. The van der Waals surface area contributed by atoms with Crippen molar-refractivity contribution in [2.75, 3.05) is 23.9 Å². The maximum absolute atomic E-state index is 9.13. The van der Waals surface area contributed by atoms with Gasteiger partial charge in [0.15, 0.2) is 0 Å². The molecule has 1 unspecified atom stereocenters. The molecule has 0 aromatic carbocycles. The van der Waals surface area contributed by atoms with Gasteiger partial charge in [0.05, 0.1) is 0 Å². The van der Waals surface area contributed by atoms with Crippen molar-refractivity contribution in [2.45, 2.75) is 52.9 Å². The SMILES string of the molecule is CCCc1nc(NN)c(C)c(NCC(CCC)CCO)n1. The van der Waals surface area contributed by atoms with Crippen LogP contribution in [0.1, 0.15) is 50.9 Å². The molecule has 1 heterocycles. The first-order valence-corrected chi connectivity index (χ1v) is 7.85. The third-order valence-corrected chi connectivity index (χ3v) is 3.59. The highest BCUT2D eigenvalue weighted by Gasteiger charge is 2.12. The van der Waals surface area contributed by atoms with Gasteiger partial charge in [0.1, 0.15) is 17.5 Å². The number of nitrogen functional groups attached to an aromatic ring is 1. The van der Waals surface area contributed by atoms with Gasteiger partial charge in [-0.05, 0) is 32.1 Å². The summed E-state index contributed by atoms with van der Waals surface area (Å²) in [5.41, 5.74) is 3.57. The summed E-state index contributed by atoms with van der Waals surface area (Å²) in [4.78, 5) is 9.00. The molecule has 0 fully saturated rings. The first kappa shape index (κ1) is 17.7. The molecular formula is C15H29N5O. The summed E-state index contributed by atoms with van der Waals surface area (Å²) < 4.78 is 0. The van der Waals surface area contributed by atoms with Crippen molar-refractivity contribution in [3.8, 4) is 0 Å². The van der Waals surface area contributed by atoms with Crippen molar-refractivity contribution in [1.29, 1.82) is 0 Å². The summed E-state index contributed by atoms with van der Waals surface area (Å²) in [5, 5.41) is 12.5. The van der Waals surface area contributed by atoms with Gasteiger partial charge in [0.2, 0.25) is 0 Å². The molecule has 0 radical (unpaired) electrons. The van der Waals surface area contributed by atoms with Gasteiger partial charge in [-0.15, -0.1) is 0 Å². The minimum Gasteiger partial charge on any atom is -0.396 e. The number of hydrogen-bond donors (Lipinski definition) is 4. The molecule has 0 spiro atoms. The number of nitrogens with zero attached hydrogens (tertiary/aromatic N) is 2. The Morgan fingerprint density at radius 3 is 2.43 bits per heavy atom. The number of nitrogens with one attached hydrogen (secondary N) is 2. The zero-order chi connectivity index (χ0) is 15.7. The Morgan fingerprint density at radius 2 is 1.86 bits per heavy atom. The van der Waals surface area contributed by atoms with Gasteiger partial charge in [-0.25, -0.2) is 15.8 Å². The largest absolute Gasteiger partial charge is 0.396 e. The zero-order valence-electron chi connectivity index (χ0n) is 13.4. The minimum absolute atomic E-state index is 0.228. The number of nitrogens with two attached hydrogens (primary N) is 1. The maximum atomic E-state index is 9.13. The number of aryl methyl sites for hydroxylation is 1. The van der Waals surface area contributed by atoms with Gasteiger partial charge < -0.3 is 15.8 Å². The molecule has 0 aliphatic heterocycles. The molecule has 0 saturated carbocycles. The number of aromatic nitrogens is 2. The summed E-state index contributed by atoms with van der Waals surface area (Å²) in [6.07, 6.45) is 4.86. The van der Waals surface area contributed by atoms with E-state index in [-0.39, 0.29) is 6.61 Å². The topological polar surface area (TPSA) is 96.1 Å². The van der Waals surface area contributed by atoms with Gasteiger partial charge in [-0.3, -0.25) is 0 Å². The lowest BCUT2D eigenvalue weighted by Crippen LogP contribution is -2.19. The molecule has 6 heteroatoms. The lowest BCUT2D eigenvalue weighted by atomic mass is 10.0. The minimum atomic E-state index is 0.228. The Kier molecular flexibility index (Phi) is 8.00. The number of hydrazine groups is 1. The summed E-state index contributed by atoms with van der Waals surface area (Å²) in [6, 6.07) is 0. The van der Waals surface area contributed by atoms with E-state index in [1.54, 1.807) is 0 Å². The van der Waals surface area contributed by atoms with E-state index in [4.69, 9.17) is 10.9 Å². The quantitative estimate of drug-likeness (QED) is 0.390. The highest BCUT2D eigenvalue weighted by molar-refractivity contribution is 5.56. The highest BCUT2D eigenvalue weighted by atomic mass is 16.3.